The van der Waals surface area contributed by atoms with Gasteiger partial charge in [-0.15, -0.1) is 0 Å². The van der Waals surface area contributed by atoms with Crippen LogP contribution in [0.5, 0.6) is 0 Å². The first-order valence-electron chi connectivity index (χ1n) is 6.06. The van der Waals surface area contributed by atoms with Gasteiger partial charge >= 0.3 is 0 Å². The molecule has 0 spiro atoms. The molecule has 3 atom stereocenters. The Balaban J connectivity index is 1.91. The van der Waals surface area contributed by atoms with Gasteiger partial charge in [-0.3, -0.25) is 5.10 Å². The van der Waals surface area contributed by atoms with Crippen LogP contribution in [0.3, 0.4) is 0 Å². The summed E-state index contributed by atoms with van der Waals surface area (Å²) in [6, 6.07) is 1.13. The van der Waals surface area contributed by atoms with Crippen molar-refractivity contribution in [1.82, 2.24) is 15.5 Å². The Morgan fingerprint density at radius 2 is 2.47 bits per heavy atom. The highest BCUT2D eigenvalue weighted by molar-refractivity contribution is 5.08. The fourth-order valence-electron chi connectivity index (χ4n) is 2.66. The summed E-state index contributed by atoms with van der Waals surface area (Å²) in [6.45, 7) is 4.52. The van der Waals surface area contributed by atoms with Gasteiger partial charge in [0.05, 0.1) is 6.20 Å². The predicted octanol–water partition coefficient (Wildman–Crippen LogP) is 2.64. The summed E-state index contributed by atoms with van der Waals surface area (Å²) >= 11 is 0. The summed E-state index contributed by atoms with van der Waals surface area (Å²) in [6.07, 6.45) is 9.30. The van der Waals surface area contributed by atoms with E-state index in [9.17, 15) is 0 Å². The maximum atomic E-state index is 3.99. The fourth-order valence-corrected chi connectivity index (χ4v) is 2.66. The Morgan fingerprint density at radius 3 is 3.13 bits per heavy atom. The van der Waals surface area contributed by atoms with Crippen molar-refractivity contribution in [2.45, 2.75) is 51.6 Å². The van der Waals surface area contributed by atoms with Gasteiger partial charge in [0.25, 0.3) is 0 Å². The van der Waals surface area contributed by atoms with Gasteiger partial charge in [0, 0.05) is 23.8 Å². The molecule has 1 fully saturated rings. The number of hydrogen-bond acceptors (Lipinski definition) is 2. The highest BCUT2D eigenvalue weighted by atomic mass is 15.1. The van der Waals surface area contributed by atoms with E-state index in [2.05, 4.69) is 29.4 Å². The maximum absolute atomic E-state index is 3.99. The molecule has 0 amide bonds. The first-order chi connectivity index (χ1) is 7.31. The third-order valence-corrected chi connectivity index (χ3v) is 3.67. The Bertz CT molecular complexity index is 281. The van der Waals surface area contributed by atoms with Gasteiger partial charge in [-0.2, -0.15) is 5.10 Å². The van der Waals surface area contributed by atoms with Crippen molar-refractivity contribution in [1.29, 1.82) is 0 Å². The van der Waals surface area contributed by atoms with E-state index in [1.54, 1.807) is 0 Å². The first kappa shape index (κ1) is 10.7. The van der Waals surface area contributed by atoms with Crippen molar-refractivity contribution in [2.75, 3.05) is 0 Å². The molecular weight excluding hydrogens is 186 g/mol. The normalized spacial score (nSPS) is 28.1. The highest BCUT2D eigenvalue weighted by Crippen LogP contribution is 2.29. The van der Waals surface area contributed by atoms with Crippen LogP contribution in [0, 0.1) is 5.92 Å². The molecule has 1 aliphatic rings. The van der Waals surface area contributed by atoms with Gasteiger partial charge in [-0.25, -0.2) is 0 Å². The average Bonchev–Trinajstić information content (AvgIpc) is 2.87. The monoisotopic (exact) mass is 207 g/mol. The van der Waals surface area contributed by atoms with Crippen molar-refractivity contribution >= 4 is 0 Å². The van der Waals surface area contributed by atoms with E-state index in [1.807, 2.05) is 12.4 Å². The third-order valence-electron chi connectivity index (χ3n) is 3.67. The molecule has 1 heterocycles. The molecule has 0 aliphatic heterocycles. The lowest BCUT2D eigenvalue weighted by atomic mass is 9.99. The summed E-state index contributed by atoms with van der Waals surface area (Å²) in [5.74, 6) is 0.874. The molecule has 3 unspecified atom stereocenters. The predicted molar refractivity (Wildman–Crippen MR) is 61.6 cm³/mol. The van der Waals surface area contributed by atoms with Crippen LogP contribution in [0.25, 0.3) is 0 Å². The number of hydrogen-bond donors (Lipinski definition) is 2. The number of H-pyrrole nitrogens is 1. The molecule has 1 aromatic rings. The number of rotatable bonds is 4. The van der Waals surface area contributed by atoms with Gasteiger partial charge in [0.2, 0.25) is 0 Å². The molecule has 0 radical (unpaired) electrons. The minimum atomic E-state index is 0.417. The first-order valence-corrected chi connectivity index (χ1v) is 6.06. The molecule has 0 aromatic carbocycles. The molecular formula is C12H21N3. The Morgan fingerprint density at radius 1 is 1.60 bits per heavy atom. The van der Waals surface area contributed by atoms with Gasteiger partial charge in [-0.05, 0) is 25.7 Å². The second-order valence-corrected chi connectivity index (χ2v) is 4.63. The van der Waals surface area contributed by atoms with E-state index < -0.39 is 0 Å². The molecule has 3 nitrogen and oxygen atoms in total. The molecule has 1 aliphatic carbocycles. The largest absolute Gasteiger partial charge is 0.307 e. The van der Waals surface area contributed by atoms with E-state index >= 15 is 0 Å². The topological polar surface area (TPSA) is 40.7 Å². The van der Waals surface area contributed by atoms with E-state index in [0.717, 1.165) is 5.92 Å². The van der Waals surface area contributed by atoms with Gasteiger partial charge in [0.1, 0.15) is 0 Å². The second kappa shape index (κ2) is 4.79. The molecule has 1 saturated carbocycles. The molecule has 3 heteroatoms. The summed E-state index contributed by atoms with van der Waals surface area (Å²) < 4.78 is 0. The van der Waals surface area contributed by atoms with E-state index in [4.69, 9.17) is 0 Å². The minimum absolute atomic E-state index is 0.417. The van der Waals surface area contributed by atoms with E-state index in [1.165, 1.54) is 31.2 Å². The van der Waals surface area contributed by atoms with Crippen LogP contribution in [0.15, 0.2) is 12.4 Å². The van der Waals surface area contributed by atoms with Crippen molar-refractivity contribution in [3.8, 4) is 0 Å². The lowest BCUT2D eigenvalue weighted by molar-refractivity contribution is 0.360. The zero-order chi connectivity index (χ0) is 10.7. The molecule has 0 saturated heterocycles. The Kier molecular flexibility index (Phi) is 3.41. The van der Waals surface area contributed by atoms with E-state index in [0.29, 0.717) is 12.1 Å². The summed E-state index contributed by atoms with van der Waals surface area (Å²) in [5, 5.41) is 10.6. The van der Waals surface area contributed by atoms with Crippen molar-refractivity contribution < 1.29 is 0 Å². The summed E-state index contributed by atoms with van der Waals surface area (Å²) in [5.41, 5.74) is 1.26. The van der Waals surface area contributed by atoms with E-state index in [-0.39, 0.29) is 0 Å². The van der Waals surface area contributed by atoms with Crippen LogP contribution in [0.4, 0.5) is 0 Å². The molecule has 2 rings (SSSR count). The van der Waals surface area contributed by atoms with Gasteiger partial charge < -0.3 is 5.32 Å². The van der Waals surface area contributed by atoms with Crippen LogP contribution in [0.1, 0.15) is 51.1 Å². The zero-order valence-corrected chi connectivity index (χ0v) is 9.66. The SMILES string of the molecule is CCC1CCCC1NC(C)c1cn[nH]c1. The Hall–Kier alpha value is -0.830. The second-order valence-electron chi connectivity index (χ2n) is 4.63. The van der Waals surface area contributed by atoms with Crippen LogP contribution >= 0.6 is 0 Å². The lowest BCUT2D eigenvalue weighted by Gasteiger charge is -2.23. The number of nitrogens with one attached hydrogen (secondary N) is 2. The fraction of sp³-hybridized carbons (Fsp3) is 0.750. The van der Waals surface area contributed by atoms with Crippen LogP contribution in [-0.4, -0.2) is 16.2 Å². The van der Waals surface area contributed by atoms with Gasteiger partial charge in [-0.1, -0.05) is 19.8 Å². The van der Waals surface area contributed by atoms with Crippen molar-refractivity contribution in [3.05, 3.63) is 18.0 Å². The van der Waals surface area contributed by atoms with Gasteiger partial charge in [0.15, 0.2) is 0 Å². The third kappa shape index (κ3) is 2.40. The quantitative estimate of drug-likeness (QED) is 0.797. The highest BCUT2D eigenvalue weighted by Gasteiger charge is 2.26. The van der Waals surface area contributed by atoms with Crippen LogP contribution in [-0.2, 0) is 0 Å². The number of aromatic amines is 1. The molecule has 84 valence electrons. The molecule has 2 N–H and O–H groups in total. The van der Waals surface area contributed by atoms with Crippen LogP contribution < -0.4 is 5.32 Å². The standard InChI is InChI=1S/C12H21N3/c1-3-10-5-4-6-12(10)15-9(2)11-7-13-14-8-11/h7-10,12,15H,3-6H2,1-2H3,(H,13,14). The Labute approximate surface area is 91.7 Å². The number of aromatic nitrogens is 2. The lowest BCUT2D eigenvalue weighted by Crippen LogP contribution is -2.34. The average molecular weight is 207 g/mol. The van der Waals surface area contributed by atoms with Crippen molar-refractivity contribution in [2.24, 2.45) is 5.92 Å². The summed E-state index contributed by atoms with van der Waals surface area (Å²) in [4.78, 5) is 0. The van der Waals surface area contributed by atoms with Crippen molar-refractivity contribution in [3.63, 3.8) is 0 Å². The summed E-state index contributed by atoms with van der Waals surface area (Å²) in [7, 11) is 0. The molecule has 1 aromatic heterocycles. The molecule has 15 heavy (non-hydrogen) atoms. The molecule has 0 bridgehead atoms. The zero-order valence-electron chi connectivity index (χ0n) is 9.66. The minimum Gasteiger partial charge on any atom is -0.307 e. The maximum Gasteiger partial charge on any atom is 0.0534 e. The smallest absolute Gasteiger partial charge is 0.0534 e. The van der Waals surface area contributed by atoms with Crippen LogP contribution in [0.2, 0.25) is 0 Å². The number of nitrogens with zero attached hydrogens (tertiary/aromatic N) is 1.